The monoisotopic (exact) mass is 481 g/mol. The van der Waals surface area contributed by atoms with Crippen molar-refractivity contribution in [2.45, 2.75) is 6.54 Å². The van der Waals surface area contributed by atoms with E-state index in [1.165, 1.54) is 0 Å². The fraction of sp³-hybridized carbons (Fsp3) is 0.0357. The van der Waals surface area contributed by atoms with E-state index in [1.807, 2.05) is 114 Å². The molecule has 0 spiro atoms. The van der Waals surface area contributed by atoms with Crippen molar-refractivity contribution in [2.75, 3.05) is 0 Å². The van der Waals surface area contributed by atoms with E-state index in [1.54, 1.807) is 0 Å². The first-order valence-corrected chi connectivity index (χ1v) is 11.2. The molecule has 0 fully saturated rings. The van der Waals surface area contributed by atoms with E-state index >= 15 is 0 Å². The third kappa shape index (κ3) is 4.23. The van der Waals surface area contributed by atoms with Gasteiger partial charge >= 0.3 is 0 Å². The Morgan fingerprint density at radius 1 is 0.781 bits per heavy atom. The second kappa shape index (κ2) is 8.85. The molecule has 0 saturated heterocycles. The van der Waals surface area contributed by atoms with Gasteiger partial charge in [0.2, 0.25) is 0 Å². The Bertz CT molecular complexity index is 1300. The van der Waals surface area contributed by atoms with Crippen molar-refractivity contribution >= 4 is 33.6 Å². The lowest BCUT2D eigenvalue weighted by atomic mass is 10.1. The van der Waals surface area contributed by atoms with Gasteiger partial charge in [-0.25, -0.2) is 0 Å². The number of rotatable bonds is 5. The summed E-state index contributed by atoms with van der Waals surface area (Å²) >= 11 is 3.45. The van der Waals surface area contributed by atoms with Crippen LogP contribution in [0.15, 0.2) is 118 Å². The first-order valence-electron chi connectivity index (χ1n) is 10.4. The molecule has 3 aromatic carbocycles. The number of hydrogen-bond acceptors (Lipinski definition) is 2. The van der Waals surface area contributed by atoms with Gasteiger partial charge in [0.05, 0.1) is 12.2 Å². The number of carbonyl (C=O) groups excluding carboxylic acids is 1. The van der Waals surface area contributed by atoms with Crippen LogP contribution < -0.4 is 0 Å². The molecule has 0 bridgehead atoms. The normalized spacial score (nSPS) is 14.8. The molecule has 1 aliphatic heterocycles. The second-order valence-electron chi connectivity index (χ2n) is 7.58. The third-order valence-electron chi connectivity index (χ3n) is 5.38. The minimum atomic E-state index is -0.0331. The molecule has 32 heavy (non-hydrogen) atoms. The summed E-state index contributed by atoms with van der Waals surface area (Å²) in [6.45, 7) is 0.514. The highest BCUT2D eigenvalue weighted by atomic mass is 79.9. The van der Waals surface area contributed by atoms with Crippen molar-refractivity contribution < 1.29 is 9.21 Å². The maximum Gasteiger partial charge on any atom is 0.258 e. The summed E-state index contributed by atoms with van der Waals surface area (Å²) < 4.78 is 7.04. The molecule has 0 atom stereocenters. The molecule has 0 radical (unpaired) electrons. The summed E-state index contributed by atoms with van der Waals surface area (Å²) in [5, 5.41) is 0. The number of amides is 1. The van der Waals surface area contributed by atoms with Crippen LogP contribution in [0.5, 0.6) is 0 Å². The Morgan fingerprint density at radius 3 is 2.19 bits per heavy atom. The Hall–Kier alpha value is -3.63. The Balaban J connectivity index is 1.48. The maximum atomic E-state index is 13.4. The van der Waals surface area contributed by atoms with Crippen LogP contribution in [0, 0.1) is 0 Å². The summed E-state index contributed by atoms with van der Waals surface area (Å²) in [4.78, 5) is 15.2. The Morgan fingerprint density at radius 2 is 1.47 bits per heavy atom. The van der Waals surface area contributed by atoms with E-state index in [-0.39, 0.29) is 5.91 Å². The third-order valence-corrected chi connectivity index (χ3v) is 5.91. The number of carbonyl (C=O) groups is 1. The van der Waals surface area contributed by atoms with Gasteiger partial charge in [0.25, 0.3) is 5.91 Å². The number of furan rings is 1. The zero-order valence-electron chi connectivity index (χ0n) is 17.2. The number of halogens is 1. The molecular weight excluding hydrogens is 462 g/mol. The summed E-state index contributed by atoms with van der Waals surface area (Å²) in [6, 6.07) is 31.8. The Labute approximate surface area is 195 Å². The molecule has 0 unspecified atom stereocenters. The van der Waals surface area contributed by atoms with Crippen molar-refractivity contribution in [3.63, 3.8) is 0 Å². The predicted octanol–water partition coefficient (Wildman–Crippen LogP) is 7.18. The van der Waals surface area contributed by atoms with E-state index in [9.17, 15) is 4.79 Å². The number of nitrogens with zero attached hydrogens (tertiary/aromatic N) is 1. The van der Waals surface area contributed by atoms with E-state index in [0.717, 1.165) is 32.6 Å². The van der Waals surface area contributed by atoms with Crippen molar-refractivity contribution in [1.29, 1.82) is 0 Å². The van der Waals surface area contributed by atoms with Crippen LogP contribution in [-0.2, 0) is 11.3 Å². The quantitative estimate of drug-likeness (QED) is 0.283. The van der Waals surface area contributed by atoms with Gasteiger partial charge in [-0.15, -0.1) is 0 Å². The molecule has 1 aromatic heterocycles. The Kier molecular flexibility index (Phi) is 5.61. The standard InChI is InChI=1S/C28H20BrNO2/c29-24-13-11-22(12-14-24)27-16-15-25(32-27)17-23-18-26(21-9-5-2-6-10-21)30(28(23)31)19-20-7-3-1-4-8-20/h1-18H,19H2/b23-17+. The summed E-state index contributed by atoms with van der Waals surface area (Å²) in [5.41, 5.74) is 4.58. The van der Waals surface area contributed by atoms with Gasteiger partial charge in [-0.3, -0.25) is 4.79 Å². The number of hydrogen-bond donors (Lipinski definition) is 0. The summed E-state index contributed by atoms with van der Waals surface area (Å²) in [6.07, 6.45) is 3.76. The molecule has 1 amide bonds. The fourth-order valence-corrected chi connectivity index (χ4v) is 4.04. The van der Waals surface area contributed by atoms with Gasteiger partial charge in [-0.1, -0.05) is 88.7 Å². The zero-order valence-corrected chi connectivity index (χ0v) is 18.8. The molecule has 4 heteroatoms. The minimum Gasteiger partial charge on any atom is -0.457 e. The van der Waals surface area contributed by atoms with Crippen molar-refractivity contribution in [3.8, 4) is 11.3 Å². The lowest BCUT2D eigenvalue weighted by molar-refractivity contribution is -0.123. The molecule has 3 nitrogen and oxygen atoms in total. The van der Waals surface area contributed by atoms with Crippen LogP contribution in [0.3, 0.4) is 0 Å². The fourth-order valence-electron chi connectivity index (χ4n) is 3.78. The van der Waals surface area contributed by atoms with Gasteiger partial charge < -0.3 is 9.32 Å². The highest BCUT2D eigenvalue weighted by Crippen LogP contribution is 2.33. The second-order valence-corrected chi connectivity index (χ2v) is 8.50. The molecule has 4 aromatic rings. The lowest BCUT2D eigenvalue weighted by Gasteiger charge is -2.20. The molecule has 0 N–H and O–H groups in total. The summed E-state index contributed by atoms with van der Waals surface area (Å²) in [7, 11) is 0. The van der Waals surface area contributed by atoms with E-state index in [4.69, 9.17) is 4.42 Å². The van der Waals surface area contributed by atoms with Gasteiger partial charge in [-0.2, -0.15) is 0 Å². The molecule has 2 heterocycles. The zero-order chi connectivity index (χ0) is 21.9. The maximum absolute atomic E-state index is 13.4. The molecular formula is C28H20BrNO2. The first-order chi connectivity index (χ1) is 15.7. The average Bonchev–Trinajstić information content (AvgIpc) is 3.41. The van der Waals surface area contributed by atoms with E-state index < -0.39 is 0 Å². The molecule has 156 valence electrons. The van der Waals surface area contributed by atoms with Crippen LogP contribution in [0.4, 0.5) is 0 Å². The van der Waals surface area contributed by atoms with Crippen LogP contribution in [0.25, 0.3) is 23.1 Å². The van der Waals surface area contributed by atoms with Crippen molar-refractivity contribution in [1.82, 2.24) is 4.90 Å². The lowest BCUT2D eigenvalue weighted by Crippen LogP contribution is -2.25. The SMILES string of the molecule is O=C1/C(=C/c2ccc(-c3ccc(Br)cc3)o2)C=C(c2ccccc2)N1Cc1ccccc1. The average molecular weight is 482 g/mol. The van der Waals surface area contributed by atoms with Gasteiger partial charge in [0.15, 0.2) is 0 Å². The molecule has 5 rings (SSSR count). The van der Waals surface area contributed by atoms with Crippen LogP contribution in [0.1, 0.15) is 16.9 Å². The van der Waals surface area contributed by atoms with Crippen molar-refractivity contribution in [3.05, 3.63) is 130 Å². The smallest absolute Gasteiger partial charge is 0.258 e. The van der Waals surface area contributed by atoms with Crippen molar-refractivity contribution in [2.24, 2.45) is 0 Å². The van der Waals surface area contributed by atoms with Crippen LogP contribution in [-0.4, -0.2) is 10.8 Å². The molecule has 0 saturated carbocycles. The minimum absolute atomic E-state index is 0.0331. The van der Waals surface area contributed by atoms with Gasteiger partial charge in [-0.05, 0) is 47.5 Å². The van der Waals surface area contributed by atoms with E-state index in [2.05, 4.69) is 15.9 Å². The van der Waals surface area contributed by atoms with Crippen LogP contribution in [0.2, 0.25) is 0 Å². The summed E-state index contributed by atoms with van der Waals surface area (Å²) in [5.74, 6) is 1.38. The molecule has 0 aliphatic carbocycles. The van der Waals surface area contributed by atoms with Gasteiger partial charge in [0, 0.05) is 15.6 Å². The predicted molar refractivity (Wildman–Crippen MR) is 131 cm³/mol. The van der Waals surface area contributed by atoms with Gasteiger partial charge in [0.1, 0.15) is 11.5 Å². The number of benzene rings is 3. The topological polar surface area (TPSA) is 33.5 Å². The van der Waals surface area contributed by atoms with E-state index in [0.29, 0.717) is 17.9 Å². The highest BCUT2D eigenvalue weighted by Gasteiger charge is 2.29. The first kappa shape index (κ1) is 20.3. The largest absolute Gasteiger partial charge is 0.457 e. The highest BCUT2D eigenvalue weighted by molar-refractivity contribution is 9.10. The molecule has 1 aliphatic rings. The van der Waals surface area contributed by atoms with Crippen LogP contribution >= 0.6 is 15.9 Å².